The van der Waals surface area contributed by atoms with Gasteiger partial charge in [-0.1, -0.05) is 23.7 Å². The van der Waals surface area contributed by atoms with Crippen LogP contribution in [0.1, 0.15) is 29.2 Å². The molecule has 0 spiro atoms. The average molecular weight is 485 g/mol. The second-order valence-electron chi connectivity index (χ2n) is 8.32. The van der Waals surface area contributed by atoms with Crippen LogP contribution in [0.2, 0.25) is 5.02 Å². The van der Waals surface area contributed by atoms with Crippen LogP contribution in [-0.2, 0) is 22.4 Å². The topological polar surface area (TPSA) is 74.3 Å². The number of aromatic nitrogens is 1. The Morgan fingerprint density at radius 3 is 2.61 bits per heavy atom. The monoisotopic (exact) mass is 484 g/mol. The quantitative estimate of drug-likeness (QED) is 0.635. The number of amides is 2. The molecule has 2 aliphatic rings. The molecule has 1 saturated heterocycles. The van der Waals surface area contributed by atoms with Gasteiger partial charge in [0.05, 0.1) is 10.9 Å². The summed E-state index contributed by atoms with van der Waals surface area (Å²) in [6.07, 6.45) is -2.89. The minimum absolute atomic E-state index is 0.0171. The van der Waals surface area contributed by atoms with E-state index in [0.29, 0.717) is 29.1 Å². The van der Waals surface area contributed by atoms with Crippen molar-refractivity contribution in [1.29, 1.82) is 0 Å². The third-order valence-electron chi connectivity index (χ3n) is 6.04. The predicted octanol–water partition coefficient (Wildman–Crippen LogP) is 3.65. The van der Waals surface area contributed by atoms with Crippen molar-refractivity contribution in [3.8, 4) is 0 Å². The summed E-state index contributed by atoms with van der Waals surface area (Å²) >= 11 is 5.83. The Balaban J connectivity index is 1.47. The highest BCUT2D eigenvalue weighted by Gasteiger charge is 2.47. The average Bonchev–Trinajstić information content (AvgIpc) is 3.37. The standard InChI is InChI=1S/C22H21ClF4N4O2/c1-31(21(33)13-7-18(32)29-10-13)20(22(25,26)27)12-3-5-17(28-9-12)30-14-6-11-2-4-16(23)19(24)15(11)8-14/h2-5,9,13-14,20H,6-8,10H2,1H3,(H,28,30)(H,29,32)/t13-,14?,20?/m1/s1. The van der Waals surface area contributed by atoms with E-state index < -0.39 is 29.9 Å². The van der Waals surface area contributed by atoms with Gasteiger partial charge in [-0.05, 0) is 36.1 Å². The maximum absolute atomic E-state index is 14.2. The third kappa shape index (κ3) is 4.75. The molecular weight excluding hydrogens is 464 g/mol. The Morgan fingerprint density at radius 2 is 2.00 bits per heavy atom. The lowest BCUT2D eigenvalue weighted by Crippen LogP contribution is -2.43. The number of anilines is 1. The van der Waals surface area contributed by atoms with Crippen LogP contribution >= 0.6 is 11.6 Å². The molecule has 2 unspecified atom stereocenters. The SMILES string of the molecule is CN(C(=O)[C@H]1CNC(=O)C1)C(c1ccc(NC2Cc3ccc(Cl)c(F)c3C2)nc1)C(F)(F)F. The largest absolute Gasteiger partial charge is 0.413 e. The molecule has 1 fully saturated rings. The minimum Gasteiger partial charge on any atom is -0.367 e. The Morgan fingerprint density at radius 1 is 1.24 bits per heavy atom. The van der Waals surface area contributed by atoms with Gasteiger partial charge in [-0.3, -0.25) is 9.59 Å². The highest BCUT2D eigenvalue weighted by molar-refractivity contribution is 6.30. The van der Waals surface area contributed by atoms with Gasteiger partial charge >= 0.3 is 6.18 Å². The summed E-state index contributed by atoms with van der Waals surface area (Å²) in [6.45, 7) is 0.0171. The van der Waals surface area contributed by atoms with Gasteiger partial charge in [0.1, 0.15) is 11.6 Å². The predicted molar refractivity (Wildman–Crippen MR) is 113 cm³/mol. The van der Waals surface area contributed by atoms with E-state index in [0.717, 1.165) is 18.8 Å². The number of fused-ring (bicyclic) bond motifs is 1. The van der Waals surface area contributed by atoms with Crippen LogP contribution in [-0.4, -0.2) is 47.5 Å². The summed E-state index contributed by atoms with van der Waals surface area (Å²) < 4.78 is 55.8. The maximum Gasteiger partial charge on any atom is 0.413 e. The second-order valence-corrected chi connectivity index (χ2v) is 8.73. The first kappa shape index (κ1) is 23.3. The van der Waals surface area contributed by atoms with E-state index in [9.17, 15) is 27.2 Å². The van der Waals surface area contributed by atoms with Crippen LogP contribution in [0.3, 0.4) is 0 Å². The summed E-state index contributed by atoms with van der Waals surface area (Å²) in [6, 6.07) is 3.54. The van der Waals surface area contributed by atoms with Crippen LogP contribution in [0.15, 0.2) is 30.5 Å². The number of benzene rings is 1. The number of carbonyl (C=O) groups is 2. The molecular formula is C22H21ClF4N4O2. The molecule has 1 aliphatic carbocycles. The number of carbonyl (C=O) groups excluding carboxylic acids is 2. The molecule has 2 N–H and O–H groups in total. The molecule has 33 heavy (non-hydrogen) atoms. The van der Waals surface area contributed by atoms with E-state index in [1.54, 1.807) is 6.07 Å². The fraction of sp³-hybridized carbons (Fsp3) is 0.409. The number of nitrogens with one attached hydrogen (secondary N) is 2. The summed E-state index contributed by atoms with van der Waals surface area (Å²) in [5, 5.41) is 5.62. The van der Waals surface area contributed by atoms with Crippen molar-refractivity contribution in [3.63, 3.8) is 0 Å². The molecule has 11 heteroatoms. The van der Waals surface area contributed by atoms with E-state index in [-0.39, 0.29) is 35.5 Å². The van der Waals surface area contributed by atoms with Crippen molar-refractivity contribution >= 4 is 29.2 Å². The van der Waals surface area contributed by atoms with E-state index >= 15 is 0 Å². The zero-order valence-corrected chi connectivity index (χ0v) is 18.3. The Bertz CT molecular complexity index is 1080. The highest BCUT2D eigenvalue weighted by Crippen LogP contribution is 2.38. The van der Waals surface area contributed by atoms with E-state index in [4.69, 9.17) is 11.6 Å². The van der Waals surface area contributed by atoms with Gasteiger partial charge in [0.15, 0.2) is 6.04 Å². The van der Waals surface area contributed by atoms with Crippen molar-refractivity contribution in [1.82, 2.24) is 15.2 Å². The van der Waals surface area contributed by atoms with Gasteiger partial charge in [0.25, 0.3) is 0 Å². The lowest BCUT2D eigenvalue weighted by atomic mass is 10.0. The number of rotatable bonds is 5. The van der Waals surface area contributed by atoms with Crippen LogP contribution in [0, 0.1) is 11.7 Å². The molecule has 0 bridgehead atoms. The molecule has 4 rings (SSSR count). The molecule has 1 aliphatic heterocycles. The third-order valence-corrected chi connectivity index (χ3v) is 6.33. The zero-order valence-electron chi connectivity index (χ0n) is 17.5. The molecule has 1 aromatic heterocycles. The molecule has 1 aromatic carbocycles. The molecule has 3 atom stereocenters. The minimum atomic E-state index is -4.74. The first-order valence-electron chi connectivity index (χ1n) is 10.3. The molecule has 0 saturated carbocycles. The van der Waals surface area contributed by atoms with Gasteiger partial charge in [0.2, 0.25) is 11.8 Å². The van der Waals surface area contributed by atoms with Crippen molar-refractivity contribution in [3.05, 3.63) is 58.0 Å². The molecule has 2 aromatic rings. The first-order chi connectivity index (χ1) is 15.5. The van der Waals surface area contributed by atoms with Crippen LogP contribution < -0.4 is 10.6 Å². The molecule has 2 amide bonds. The lowest BCUT2D eigenvalue weighted by molar-refractivity contribution is -0.190. The van der Waals surface area contributed by atoms with E-state index in [1.807, 2.05) is 0 Å². The summed E-state index contributed by atoms with van der Waals surface area (Å²) in [5.74, 6) is -2.08. The van der Waals surface area contributed by atoms with Gasteiger partial charge in [-0.2, -0.15) is 13.2 Å². The summed E-state index contributed by atoms with van der Waals surface area (Å²) in [5.41, 5.74) is 1.14. The smallest absolute Gasteiger partial charge is 0.367 e. The van der Waals surface area contributed by atoms with Crippen LogP contribution in [0.5, 0.6) is 0 Å². The number of alkyl halides is 3. The van der Waals surface area contributed by atoms with Gasteiger partial charge in [0, 0.05) is 37.8 Å². The maximum atomic E-state index is 14.2. The lowest BCUT2D eigenvalue weighted by Gasteiger charge is -2.31. The number of halogens is 5. The molecule has 6 nitrogen and oxygen atoms in total. The molecule has 2 heterocycles. The molecule has 176 valence electrons. The van der Waals surface area contributed by atoms with Crippen molar-refractivity contribution < 1.29 is 27.2 Å². The van der Waals surface area contributed by atoms with Crippen molar-refractivity contribution in [2.75, 3.05) is 18.9 Å². The number of pyridine rings is 1. The Kier molecular flexibility index (Phi) is 6.22. The first-order valence-corrected chi connectivity index (χ1v) is 10.7. The Hall–Kier alpha value is -2.88. The van der Waals surface area contributed by atoms with Gasteiger partial charge in [-0.15, -0.1) is 0 Å². The van der Waals surface area contributed by atoms with E-state index in [2.05, 4.69) is 15.6 Å². The van der Waals surface area contributed by atoms with Gasteiger partial charge < -0.3 is 15.5 Å². The number of nitrogens with zero attached hydrogens (tertiary/aromatic N) is 2. The normalized spacial score (nSPS) is 20.8. The van der Waals surface area contributed by atoms with Crippen molar-refractivity contribution in [2.45, 2.75) is 37.5 Å². The fourth-order valence-corrected chi connectivity index (χ4v) is 4.60. The fourth-order valence-electron chi connectivity index (χ4n) is 4.42. The van der Waals surface area contributed by atoms with Gasteiger partial charge in [-0.25, -0.2) is 9.37 Å². The summed E-state index contributed by atoms with van der Waals surface area (Å²) in [7, 11) is 1.07. The zero-order chi connectivity index (χ0) is 23.9. The molecule has 0 radical (unpaired) electrons. The number of hydrogen-bond acceptors (Lipinski definition) is 4. The van der Waals surface area contributed by atoms with Crippen LogP contribution in [0.25, 0.3) is 0 Å². The van der Waals surface area contributed by atoms with E-state index in [1.165, 1.54) is 18.2 Å². The second kappa shape index (κ2) is 8.81. The Labute approximate surface area is 192 Å². The number of hydrogen-bond donors (Lipinski definition) is 2. The van der Waals surface area contributed by atoms with Crippen molar-refractivity contribution in [2.24, 2.45) is 5.92 Å². The summed E-state index contributed by atoms with van der Waals surface area (Å²) in [4.78, 5) is 28.6. The van der Waals surface area contributed by atoms with Crippen LogP contribution in [0.4, 0.5) is 23.4 Å². The highest BCUT2D eigenvalue weighted by atomic mass is 35.5.